The molecule has 2 aromatic rings. The van der Waals surface area contributed by atoms with Crippen LogP contribution in [0.25, 0.3) is 0 Å². The van der Waals surface area contributed by atoms with Gasteiger partial charge in [0.2, 0.25) is 0 Å². The number of hydrogen-bond donors (Lipinski definition) is 0. The summed E-state index contributed by atoms with van der Waals surface area (Å²) in [5.74, 6) is 0. The van der Waals surface area contributed by atoms with Crippen molar-refractivity contribution in [2.45, 2.75) is 6.92 Å². The summed E-state index contributed by atoms with van der Waals surface area (Å²) in [5, 5.41) is 2.85. The first-order valence-electron chi connectivity index (χ1n) is 4.74. The molecule has 0 aliphatic heterocycles. The summed E-state index contributed by atoms with van der Waals surface area (Å²) in [6.45, 7) is 2.17. The Hall–Kier alpha value is -0.840. The predicted molar refractivity (Wildman–Crippen MR) is 72.5 cm³/mol. The van der Waals surface area contributed by atoms with Crippen LogP contribution in [0.15, 0.2) is 54.6 Å². The third-order valence-corrected chi connectivity index (χ3v) is 3.65. The van der Waals surface area contributed by atoms with E-state index in [1.54, 1.807) is 0 Å². The van der Waals surface area contributed by atoms with Crippen molar-refractivity contribution in [1.29, 1.82) is 0 Å². The maximum absolute atomic E-state index is 2.21. The highest BCUT2D eigenvalue weighted by atomic mass is 35.5. The average molecular weight is 237 g/mol. The Balaban J connectivity index is 0.00000112. The maximum Gasteiger partial charge on any atom is -0.0197 e. The monoisotopic (exact) mass is 236 g/mol. The van der Waals surface area contributed by atoms with Gasteiger partial charge >= 0.3 is 0 Å². The highest BCUT2D eigenvalue weighted by molar-refractivity contribution is 7.55. The Kier molecular flexibility index (Phi) is 4.81. The highest BCUT2D eigenvalue weighted by Gasteiger charge is 1.97. The first-order valence-corrected chi connectivity index (χ1v) is 5.74. The van der Waals surface area contributed by atoms with Gasteiger partial charge in [-0.15, -0.1) is 12.4 Å². The van der Waals surface area contributed by atoms with Gasteiger partial charge in [0, 0.05) is 0 Å². The Labute approximate surface area is 98.9 Å². The lowest BCUT2D eigenvalue weighted by molar-refractivity contribution is 1.52. The van der Waals surface area contributed by atoms with Crippen LogP contribution >= 0.6 is 21.0 Å². The molecule has 0 saturated heterocycles. The van der Waals surface area contributed by atoms with Crippen LogP contribution < -0.4 is 10.6 Å². The van der Waals surface area contributed by atoms with E-state index in [1.807, 2.05) is 0 Å². The fourth-order valence-corrected chi connectivity index (χ4v) is 2.52. The molecule has 0 bridgehead atoms. The number of hydrogen-bond acceptors (Lipinski definition) is 0. The molecule has 2 aromatic carbocycles. The molecule has 0 saturated carbocycles. The lowest BCUT2D eigenvalue weighted by Crippen LogP contribution is -2.05. The van der Waals surface area contributed by atoms with Crippen molar-refractivity contribution in [3.63, 3.8) is 0 Å². The zero-order chi connectivity index (χ0) is 9.80. The largest absolute Gasteiger partial charge is 0.147 e. The van der Waals surface area contributed by atoms with E-state index in [-0.39, 0.29) is 12.4 Å². The molecule has 78 valence electrons. The molecule has 2 rings (SSSR count). The molecule has 1 atom stereocenters. The van der Waals surface area contributed by atoms with Gasteiger partial charge in [-0.3, -0.25) is 0 Å². The number of benzene rings is 2. The minimum absolute atomic E-state index is 0. The van der Waals surface area contributed by atoms with E-state index in [1.165, 1.54) is 16.2 Å². The summed E-state index contributed by atoms with van der Waals surface area (Å²) >= 11 is 0. The van der Waals surface area contributed by atoms with Crippen LogP contribution in [0.5, 0.6) is 0 Å². The van der Waals surface area contributed by atoms with E-state index in [0.29, 0.717) is 0 Å². The molecule has 0 heterocycles. The molecule has 2 heteroatoms. The van der Waals surface area contributed by atoms with Gasteiger partial charge in [-0.25, -0.2) is 0 Å². The van der Waals surface area contributed by atoms with E-state index < -0.39 is 0 Å². The lowest BCUT2D eigenvalue weighted by Gasteiger charge is -2.04. The second-order valence-corrected chi connectivity index (χ2v) is 4.67. The van der Waals surface area contributed by atoms with E-state index in [9.17, 15) is 0 Å². The molecule has 1 unspecified atom stereocenters. The van der Waals surface area contributed by atoms with Gasteiger partial charge in [0.05, 0.1) is 0 Å². The Morgan fingerprint density at radius 2 is 1.40 bits per heavy atom. The van der Waals surface area contributed by atoms with Crippen molar-refractivity contribution < 1.29 is 0 Å². The van der Waals surface area contributed by atoms with Gasteiger partial charge in [0.1, 0.15) is 0 Å². The van der Waals surface area contributed by atoms with Crippen LogP contribution in [-0.4, -0.2) is 0 Å². The topological polar surface area (TPSA) is 0 Å². The van der Waals surface area contributed by atoms with Gasteiger partial charge in [-0.2, -0.15) is 0 Å². The van der Waals surface area contributed by atoms with Crippen LogP contribution in [0.2, 0.25) is 0 Å². The smallest absolute Gasteiger partial charge is 0.0197 e. The summed E-state index contributed by atoms with van der Waals surface area (Å²) in [6.07, 6.45) is 0. The van der Waals surface area contributed by atoms with E-state index >= 15 is 0 Å². The fraction of sp³-hybridized carbons (Fsp3) is 0.0769. The van der Waals surface area contributed by atoms with Gasteiger partial charge in [-0.05, 0) is 23.1 Å². The third kappa shape index (κ3) is 3.34. The first kappa shape index (κ1) is 12.2. The molecule has 0 aromatic heterocycles. The highest BCUT2D eigenvalue weighted by Crippen LogP contribution is 2.12. The Morgan fingerprint density at radius 3 is 2.07 bits per heavy atom. The SMILES string of the molecule is Cc1ccccc1Pc1ccccc1.Cl. The first-order chi connectivity index (χ1) is 6.86. The summed E-state index contributed by atoms with van der Waals surface area (Å²) in [5.41, 5.74) is 1.38. The van der Waals surface area contributed by atoms with Gasteiger partial charge in [0.25, 0.3) is 0 Å². The van der Waals surface area contributed by atoms with Crippen molar-refractivity contribution in [2.75, 3.05) is 0 Å². The quantitative estimate of drug-likeness (QED) is 0.703. The van der Waals surface area contributed by atoms with Crippen molar-refractivity contribution in [2.24, 2.45) is 0 Å². The molecule has 0 aliphatic rings. The van der Waals surface area contributed by atoms with Crippen molar-refractivity contribution >= 4 is 31.6 Å². The molecule has 0 nitrogen and oxygen atoms in total. The Bertz CT molecular complexity index is 412. The Morgan fingerprint density at radius 1 is 0.800 bits per heavy atom. The third-order valence-electron chi connectivity index (χ3n) is 2.20. The van der Waals surface area contributed by atoms with Crippen LogP contribution in [0.4, 0.5) is 0 Å². The second kappa shape index (κ2) is 5.90. The summed E-state index contributed by atoms with van der Waals surface area (Å²) in [7, 11) is 0.776. The molecular weight excluding hydrogens is 223 g/mol. The van der Waals surface area contributed by atoms with Crippen LogP contribution in [0.3, 0.4) is 0 Å². The average Bonchev–Trinajstić information content (AvgIpc) is 2.23. The zero-order valence-electron chi connectivity index (χ0n) is 8.60. The molecule has 0 fully saturated rings. The molecule has 0 spiro atoms. The van der Waals surface area contributed by atoms with Crippen LogP contribution in [0.1, 0.15) is 5.56 Å². The molecule has 0 N–H and O–H groups in total. The summed E-state index contributed by atoms with van der Waals surface area (Å²) < 4.78 is 0. The maximum atomic E-state index is 2.21. The molecule has 0 radical (unpaired) electrons. The van der Waals surface area contributed by atoms with E-state index in [2.05, 4.69) is 61.5 Å². The number of halogens is 1. The second-order valence-electron chi connectivity index (χ2n) is 3.31. The fourth-order valence-electron chi connectivity index (χ4n) is 1.39. The van der Waals surface area contributed by atoms with Crippen molar-refractivity contribution in [3.05, 3.63) is 60.2 Å². The van der Waals surface area contributed by atoms with Gasteiger partial charge in [0.15, 0.2) is 0 Å². The van der Waals surface area contributed by atoms with E-state index in [4.69, 9.17) is 0 Å². The lowest BCUT2D eigenvalue weighted by atomic mass is 10.2. The predicted octanol–water partition coefficient (Wildman–Crippen LogP) is 3.05. The van der Waals surface area contributed by atoms with Gasteiger partial charge < -0.3 is 0 Å². The number of aryl methyl sites for hydroxylation is 1. The molecule has 15 heavy (non-hydrogen) atoms. The number of rotatable bonds is 2. The summed E-state index contributed by atoms with van der Waals surface area (Å²) in [6, 6.07) is 19.2. The zero-order valence-corrected chi connectivity index (χ0v) is 10.4. The summed E-state index contributed by atoms with van der Waals surface area (Å²) in [4.78, 5) is 0. The van der Waals surface area contributed by atoms with Gasteiger partial charge in [-0.1, -0.05) is 63.2 Å². The normalized spacial score (nSPS) is 10.2. The van der Waals surface area contributed by atoms with Crippen molar-refractivity contribution in [1.82, 2.24) is 0 Å². The van der Waals surface area contributed by atoms with E-state index in [0.717, 1.165) is 8.58 Å². The van der Waals surface area contributed by atoms with Crippen LogP contribution in [0, 0.1) is 6.92 Å². The standard InChI is InChI=1S/C13H13P.ClH/c1-11-7-5-6-10-13(11)14-12-8-3-2-4-9-12;/h2-10,14H,1H3;1H. The molecular formula is C13H14ClP. The minimum Gasteiger partial charge on any atom is -0.147 e. The molecule has 0 amide bonds. The van der Waals surface area contributed by atoms with Crippen molar-refractivity contribution in [3.8, 4) is 0 Å². The molecule has 0 aliphatic carbocycles. The minimum atomic E-state index is 0. The van der Waals surface area contributed by atoms with Crippen LogP contribution in [-0.2, 0) is 0 Å².